The number of aromatic nitrogens is 1. The summed E-state index contributed by atoms with van der Waals surface area (Å²) in [5.41, 5.74) is 3.86. The fraction of sp³-hybridized carbons (Fsp3) is 0.250. The quantitative estimate of drug-likeness (QED) is 0.645. The molecule has 134 valence electrons. The molecular weight excluding hydrogens is 346 g/mol. The fourth-order valence-electron chi connectivity index (χ4n) is 2.75. The summed E-state index contributed by atoms with van der Waals surface area (Å²) in [6.07, 6.45) is 0.913. The maximum atomic E-state index is 12.1. The van der Waals surface area contributed by atoms with E-state index < -0.39 is 0 Å². The van der Waals surface area contributed by atoms with Gasteiger partial charge in [-0.1, -0.05) is 35.6 Å². The number of aryl methyl sites for hydroxylation is 2. The van der Waals surface area contributed by atoms with Crippen molar-refractivity contribution >= 4 is 38.5 Å². The van der Waals surface area contributed by atoms with Gasteiger partial charge < -0.3 is 10.6 Å². The van der Waals surface area contributed by atoms with E-state index in [2.05, 4.69) is 27.8 Å². The second kappa shape index (κ2) is 8.10. The van der Waals surface area contributed by atoms with Gasteiger partial charge in [-0.05, 0) is 49.6 Å². The Balaban J connectivity index is 1.47. The molecule has 0 fully saturated rings. The van der Waals surface area contributed by atoms with Crippen LogP contribution in [0.3, 0.4) is 0 Å². The summed E-state index contributed by atoms with van der Waals surface area (Å²) >= 11 is 1.48. The molecular formula is C20H21N3O2S. The van der Waals surface area contributed by atoms with Crippen molar-refractivity contribution in [3.8, 4) is 0 Å². The standard InChI is InChI=1S/C20H21N3O2S/c1-13-11-14(2)18-16(12-13)26-20(23-18)22-17(24)9-6-10-21-19(25)15-7-4-3-5-8-15/h3-5,7-8,11-12H,6,9-10H2,1-2H3,(H,21,25)(H,22,23,24). The van der Waals surface area contributed by atoms with Crippen molar-refractivity contribution in [2.45, 2.75) is 26.7 Å². The summed E-state index contributed by atoms with van der Waals surface area (Å²) < 4.78 is 1.08. The summed E-state index contributed by atoms with van der Waals surface area (Å²) in [7, 11) is 0. The van der Waals surface area contributed by atoms with E-state index in [0.29, 0.717) is 30.1 Å². The molecule has 2 aromatic carbocycles. The van der Waals surface area contributed by atoms with Crippen LogP contribution in [0.5, 0.6) is 0 Å². The summed E-state index contributed by atoms with van der Waals surface area (Å²) in [5.74, 6) is -0.213. The zero-order chi connectivity index (χ0) is 18.5. The van der Waals surface area contributed by atoms with Crippen LogP contribution in [0.4, 0.5) is 5.13 Å². The van der Waals surface area contributed by atoms with Crippen molar-refractivity contribution in [1.82, 2.24) is 10.3 Å². The Hall–Kier alpha value is -2.73. The number of hydrogen-bond acceptors (Lipinski definition) is 4. The van der Waals surface area contributed by atoms with E-state index in [4.69, 9.17) is 0 Å². The average Bonchev–Trinajstić information content (AvgIpc) is 3.02. The van der Waals surface area contributed by atoms with Crippen LogP contribution in [0.25, 0.3) is 10.2 Å². The lowest BCUT2D eigenvalue weighted by atomic mass is 10.1. The molecule has 2 amide bonds. The van der Waals surface area contributed by atoms with E-state index in [1.54, 1.807) is 12.1 Å². The summed E-state index contributed by atoms with van der Waals surface area (Å²) in [4.78, 5) is 28.5. The predicted molar refractivity (Wildman–Crippen MR) is 106 cm³/mol. The number of benzene rings is 2. The molecule has 0 spiro atoms. The van der Waals surface area contributed by atoms with Crippen LogP contribution in [-0.2, 0) is 4.79 Å². The first-order valence-electron chi connectivity index (χ1n) is 8.54. The van der Waals surface area contributed by atoms with E-state index in [1.165, 1.54) is 16.9 Å². The highest BCUT2D eigenvalue weighted by atomic mass is 32.1. The highest BCUT2D eigenvalue weighted by Crippen LogP contribution is 2.29. The minimum Gasteiger partial charge on any atom is -0.352 e. The Morgan fingerprint density at radius 1 is 1.12 bits per heavy atom. The van der Waals surface area contributed by atoms with Gasteiger partial charge in [-0.15, -0.1) is 0 Å². The topological polar surface area (TPSA) is 71.1 Å². The van der Waals surface area contributed by atoms with Crippen LogP contribution in [0.15, 0.2) is 42.5 Å². The van der Waals surface area contributed by atoms with Gasteiger partial charge in [0.05, 0.1) is 10.2 Å². The molecule has 0 bridgehead atoms. The van der Waals surface area contributed by atoms with Crippen molar-refractivity contribution < 1.29 is 9.59 Å². The number of anilines is 1. The van der Waals surface area contributed by atoms with Crippen LogP contribution in [-0.4, -0.2) is 23.3 Å². The molecule has 0 saturated carbocycles. The molecule has 0 aliphatic heterocycles. The van der Waals surface area contributed by atoms with Crippen LogP contribution in [0, 0.1) is 13.8 Å². The molecule has 6 heteroatoms. The molecule has 1 aromatic heterocycles. The number of fused-ring (bicyclic) bond motifs is 1. The van der Waals surface area contributed by atoms with Gasteiger partial charge in [0, 0.05) is 18.5 Å². The molecule has 5 nitrogen and oxygen atoms in total. The highest BCUT2D eigenvalue weighted by molar-refractivity contribution is 7.22. The Kier molecular flexibility index (Phi) is 5.63. The van der Waals surface area contributed by atoms with E-state index in [1.807, 2.05) is 32.0 Å². The zero-order valence-electron chi connectivity index (χ0n) is 14.8. The van der Waals surface area contributed by atoms with Crippen LogP contribution in [0.2, 0.25) is 0 Å². The van der Waals surface area contributed by atoms with Gasteiger partial charge in [-0.2, -0.15) is 0 Å². The minimum absolute atomic E-state index is 0.0904. The van der Waals surface area contributed by atoms with Crippen LogP contribution in [0.1, 0.15) is 34.3 Å². The van der Waals surface area contributed by atoms with E-state index in [0.717, 1.165) is 15.8 Å². The van der Waals surface area contributed by atoms with Crippen molar-refractivity contribution in [3.63, 3.8) is 0 Å². The number of hydrogen-bond donors (Lipinski definition) is 2. The number of rotatable bonds is 6. The first kappa shape index (κ1) is 18.1. The van der Waals surface area contributed by atoms with Crippen LogP contribution < -0.4 is 10.6 Å². The molecule has 0 aliphatic rings. The van der Waals surface area contributed by atoms with Gasteiger partial charge in [0.15, 0.2) is 5.13 Å². The fourth-order valence-corrected chi connectivity index (χ4v) is 3.81. The summed E-state index contributed by atoms with van der Waals surface area (Å²) in [6, 6.07) is 13.2. The lowest BCUT2D eigenvalue weighted by molar-refractivity contribution is -0.116. The Morgan fingerprint density at radius 3 is 2.65 bits per heavy atom. The summed E-state index contributed by atoms with van der Waals surface area (Å²) in [5, 5.41) is 6.29. The molecule has 0 radical (unpaired) electrons. The molecule has 1 heterocycles. The number of thiazole rings is 1. The molecule has 0 aliphatic carbocycles. The first-order chi connectivity index (χ1) is 12.5. The van der Waals surface area contributed by atoms with E-state index in [-0.39, 0.29) is 11.8 Å². The highest BCUT2D eigenvalue weighted by Gasteiger charge is 2.10. The predicted octanol–water partition coefficient (Wildman–Crippen LogP) is 4.06. The van der Waals surface area contributed by atoms with Crippen LogP contribution >= 0.6 is 11.3 Å². The van der Waals surface area contributed by atoms with E-state index in [9.17, 15) is 9.59 Å². The Bertz CT molecular complexity index is 935. The third-order valence-electron chi connectivity index (χ3n) is 3.98. The smallest absolute Gasteiger partial charge is 0.251 e. The lowest BCUT2D eigenvalue weighted by Gasteiger charge is -2.05. The molecule has 2 N–H and O–H groups in total. The van der Waals surface area contributed by atoms with Crippen molar-refractivity contribution in [1.29, 1.82) is 0 Å². The molecule has 26 heavy (non-hydrogen) atoms. The maximum Gasteiger partial charge on any atom is 0.251 e. The Morgan fingerprint density at radius 2 is 1.88 bits per heavy atom. The SMILES string of the molecule is Cc1cc(C)c2nc(NC(=O)CCCNC(=O)c3ccccc3)sc2c1. The average molecular weight is 367 g/mol. The van der Waals surface area contributed by atoms with E-state index >= 15 is 0 Å². The van der Waals surface area contributed by atoms with Gasteiger partial charge in [-0.3, -0.25) is 9.59 Å². The summed E-state index contributed by atoms with van der Waals surface area (Å²) in [6.45, 7) is 4.53. The van der Waals surface area contributed by atoms with Gasteiger partial charge >= 0.3 is 0 Å². The zero-order valence-corrected chi connectivity index (χ0v) is 15.7. The minimum atomic E-state index is -0.122. The van der Waals surface area contributed by atoms with Crippen molar-refractivity contribution in [2.24, 2.45) is 0 Å². The van der Waals surface area contributed by atoms with Crippen molar-refractivity contribution in [3.05, 3.63) is 59.2 Å². The molecule has 3 rings (SSSR count). The van der Waals surface area contributed by atoms with Gasteiger partial charge in [0.2, 0.25) is 5.91 Å². The van der Waals surface area contributed by atoms with Gasteiger partial charge in [0.1, 0.15) is 0 Å². The lowest BCUT2D eigenvalue weighted by Crippen LogP contribution is -2.25. The molecule has 0 saturated heterocycles. The molecule has 0 unspecified atom stereocenters. The normalized spacial score (nSPS) is 10.7. The molecule has 3 aromatic rings. The van der Waals surface area contributed by atoms with Crippen molar-refractivity contribution in [2.75, 3.05) is 11.9 Å². The number of nitrogens with zero attached hydrogens (tertiary/aromatic N) is 1. The largest absolute Gasteiger partial charge is 0.352 e. The Labute approximate surface area is 156 Å². The number of amides is 2. The number of nitrogens with one attached hydrogen (secondary N) is 2. The number of carbonyl (C=O) groups excluding carboxylic acids is 2. The second-order valence-electron chi connectivity index (χ2n) is 6.22. The third-order valence-corrected chi connectivity index (χ3v) is 4.90. The monoisotopic (exact) mass is 367 g/mol. The van der Waals surface area contributed by atoms with Gasteiger partial charge in [0.25, 0.3) is 5.91 Å². The number of carbonyl (C=O) groups is 2. The maximum absolute atomic E-state index is 12.1. The first-order valence-corrected chi connectivity index (χ1v) is 9.35. The third kappa shape index (κ3) is 4.46. The van der Waals surface area contributed by atoms with Gasteiger partial charge in [-0.25, -0.2) is 4.98 Å². The second-order valence-corrected chi connectivity index (χ2v) is 7.25. The molecule has 0 atom stereocenters.